The van der Waals surface area contributed by atoms with E-state index in [2.05, 4.69) is 26.8 Å². The zero-order valence-corrected chi connectivity index (χ0v) is 11.1. The fourth-order valence-corrected chi connectivity index (χ4v) is 1.87. The third kappa shape index (κ3) is 3.81. The van der Waals surface area contributed by atoms with E-state index in [0.29, 0.717) is 5.56 Å². The highest BCUT2D eigenvalue weighted by molar-refractivity contribution is 5.45. The van der Waals surface area contributed by atoms with E-state index in [9.17, 15) is 10.2 Å². The van der Waals surface area contributed by atoms with Crippen LogP contribution in [0.1, 0.15) is 50.7 Å². The lowest BCUT2D eigenvalue weighted by Gasteiger charge is -2.14. The van der Waals surface area contributed by atoms with Crippen molar-refractivity contribution in [1.82, 2.24) is 0 Å². The van der Waals surface area contributed by atoms with Crippen LogP contribution in [0.5, 0.6) is 11.5 Å². The number of aromatic hydroxyl groups is 2. The largest absolute Gasteiger partial charge is 0.508 e. The summed E-state index contributed by atoms with van der Waals surface area (Å²) in [4.78, 5) is 0. The summed E-state index contributed by atoms with van der Waals surface area (Å²) in [6, 6.07) is 3.31. The number of hydrogen-bond acceptors (Lipinski definition) is 2. The number of rotatable bonds is 4. The Balaban J connectivity index is 2.78. The fourth-order valence-electron chi connectivity index (χ4n) is 1.87. The first-order valence-electron chi connectivity index (χ1n) is 6.07. The van der Waals surface area contributed by atoms with Gasteiger partial charge >= 0.3 is 0 Å². The number of benzene rings is 1. The van der Waals surface area contributed by atoms with Crippen molar-refractivity contribution in [3.63, 3.8) is 0 Å². The van der Waals surface area contributed by atoms with Crippen molar-refractivity contribution in [2.45, 2.75) is 46.5 Å². The molecule has 1 rings (SSSR count). The monoisotopic (exact) mass is 234 g/mol. The molecule has 0 bridgehead atoms. The second-order valence-corrected chi connectivity index (χ2v) is 4.96. The molecule has 94 valence electrons. The lowest BCUT2D eigenvalue weighted by atomic mass is 9.93. The quantitative estimate of drug-likeness (QED) is 0.603. The molecule has 2 nitrogen and oxygen atoms in total. The van der Waals surface area contributed by atoms with Gasteiger partial charge in [0.25, 0.3) is 0 Å². The number of hydrogen-bond donors (Lipinski definition) is 2. The molecule has 0 saturated carbocycles. The van der Waals surface area contributed by atoms with Crippen LogP contribution in [0.25, 0.3) is 0 Å². The van der Waals surface area contributed by atoms with Crippen LogP contribution in [0.2, 0.25) is 0 Å². The Bertz CT molecular complexity index is 415. The van der Waals surface area contributed by atoms with Crippen molar-refractivity contribution >= 4 is 0 Å². The number of aryl methyl sites for hydroxylation is 1. The first-order valence-corrected chi connectivity index (χ1v) is 6.07. The molecule has 0 aromatic heterocycles. The molecule has 1 aromatic rings. The molecule has 0 aliphatic rings. The summed E-state index contributed by atoms with van der Waals surface area (Å²) in [7, 11) is 0. The minimum absolute atomic E-state index is 0.247. The number of phenolic OH excluding ortho intramolecular Hbond substituents is 2. The maximum atomic E-state index is 9.87. The van der Waals surface area contributed by atoms with Gasteiger partial charge in [-0.3, -0.25) is 0 Å². The highest BCUT2D eigenvalue weighted by Crippen LogP contribution is 2.34. The first-order chi connectivity index (χ1) is 7.91. The molecule has 1 atom stereocenters. The van der Waals surface area contributed by atoms with Crippen molar-refractivity contribution in [3.8, 4) is 11.5 Å². The summed E-state index contributed by atoms with van der Waals surface area (Å²) in [6.07, 6.45) is 4.17. The molecule has 0 spiro atoms. The predicted molar refractivity (Wildman–Crippen MR) is 71.6 cm³/mol. The second kappa shape index (κ2) is 5.76. The summed E-state index contributed by atoms with van der Waals surface area (Å²) < 4.78 is 0. The number of allylic oxidation sites excluding steroid dienone is 2. The zero-order chi connectivity index (χ0) is 13.0. The Morgan fingerprint density at radius 3 is 2.47 bits per heavy atom. The van der Waals surface area contributed by atoms with Crippen LogP contribution in [0, 0.1) is 6.92 Å². The molecule has 0 saturated heterocycles. The van der Waals surface area contributed by atoms with Gasteiger partial charge < -0.3 is 10.2 Å². The summed E-state index contributed by atoms with van der Waals surface area (Å²) in [5.74, 6) is 0.786. The van der Waals surface area contributed by atoms with Crippen LogP contribution in [0.3, 0.4) is 0 Å². The van der Waals surface area contributed by atoms with Gasteiger partial charge in [0.05, 0.1) is 0 Å². The maximum Gasteiger partial charge on any atom is 0.119 e. The van der Waals surface area contributed by atoms with Gasteiger partial charge in [-0.05, 0) is 57.2 Å². The van der Waals surface area contributed by atoms with Crippen LogP contribution < -0.4 is 0 Å². The molecule has 0 amide bonds. The minimum Gasteiger partial charge on any atom is -0.508 e. The van der Waals surface area contributed by atoms with E-state index in [-0.39, 0.29) is 17.4 Å². The van der Waals surface area contributed by atoms with E-state index >= 15 is 0 Å². The predicted octanol–water partition coefficient (Wildman–Crippen LogP) is 4.26. The Morgan fingerprint density at radius 2 is 1.88 bits per heavy atom. The molecule has 17 heavy (non-hydrogen) atoms. The van der Waals surface area contributed by atoms with Gasteiger partial charge in [-0.1, -0.05) is 18.6 Å². The molecule has 1 aromatic carbocycles. The standard InChI is InChI=1S/C15H22O2/c1-10(2)6-5-7-11(3)13-9-14(16)12(4)8-15(13)17/h6,8-9,11,16-17H,5,7H2,1-4H3. The molecular weight excluding hydrogens is 212 g/mol. The molecule has 0 heterocycles. The van der Waals surface area contributed by atoms with Crippen LogP contribution in [-0.4, -0.2) is 10.2 Å². The molecule has 0 aliphatic heterocycles. The number of phenols is 2. The minimum atomic E-state index is 0.247. The van der Waals surface area contributed by atoms with Gasteiger partial charge in [0.2, 0.25) is 0 Å². The molecule has 0 fully saturated rings. The molecule has 1 unspecified atom stereocenters. The summed E-state index contributed by atoms with van der Waals surface area (Å²) in [6.45, 7) is 8.02. The van der Waals surface area contributed by atoms with Gasteiger partial charge in [-0.25, -0.2) is 0 Å². The van der Waals surface area contributed by atoms with Crippen LogP contribution in [-0.2, 0) is 0 Å². The molecule has 2 N–H and O–H groups in total. The second-order valence-electron chi connectivity index (χ2n) is 4.96. The topological polar surface area (TPSA) is 40.5 Å². The van der Waals surface area contributed by atoms with E-state index in [4.69, 9.17) is 0 Å². The van der Waals surface area contributed by atoms with Crippen molar-refractivity contribution in [2.75, 3.05) is 0 Å². The van der Waals surface area contributed by atoms with E-state index in [1.54, 1.807) is 19.1 Å². The van der Waals surface area contributed by atoms with Gasteiger partial charge in [-0.2, -0.15) is 0 Å². The Morgan fingerprint density at radius 1 is 1.24 bits per heavy atom. The smallest absolute Gasteiger partial charge is 0.119 e. The van der Waals surface area contributed by atoms with E-state index < -0.39 is 0 Å². The summed E-state index contributed by atoms with van der Waals surface area (Å²) in [5.41, 5.74) is 2.85. The van der Waals surface area contributed by atoms with Crippen LogP contribution in [0.15, 0.2) is 23.8 Å². The highest BCUT2D eigenvalue weighted by atomic mass is 16.3. The molecular formula is C15H22O2. The lowest BCUT2D eigenvalue weighted by Crippen LogP contribution is -1.94. The summed E-state index contributed by atoms with van der Waals surface area (Å²) >= 11 is 0. The maximum absolute atomic E-state index is 9.87. The van der Waals surface area contributed by atoms with Crippen molar-refractivity contribution in [2.24, 2.45) is 0 Å². The zero-order valence-electron chi connectivity index (χ0n) is 11.1. The van der Waals surface area contributed by atoms with Crippen LogP contribution >= 0.6 is 0 Å². The van der Waals surface area contributed by atoms with Gasteiger partial charge in [0.15, 0.2) is 0 Å². The molecule has 2 heteroatoms. The van der Waals surface area contributed by atoms with Crippen molar-refractivity contribution < 1.29 is 10.2 Å². The lowest BCUT2D eigenvalue weighted by molar-refractivity contribution is 0.445. The third-order valence-electron chi connectivity index (χ3n) is 3.03. The SMILES string of the molecule is CC(C)=CCCC(C)c1cc(O)c(C)cc1O. The van der Waals surface area contributed by atoms with Crippen molar-refractivity contribution in [1.29, 1.82) is 0 Å². The average molecular weight is 234 g/mol. The normalized spacial score (nSPS) is 12.2. The third-order valence-corrected chi connectivity index (χ3v) is 3.03. The van der Waals surface area contributed by atoms with Crippen molar-refractivity contribution in [3.05, 3.63) is 34.9 Å². The van der Waals surface area contributed by atoms with Crippen LogP contribution in [0.4, 0.5) is 0 Å². The Hall–Kier alpha value is -1.44. The highest BCUT2D eigenvalue weighted by Gasteiger charge is 2.12. The Labute approximate surface area is 104 Å². The van der Waals surface area contributed by atoms with Gasteiger partial charge in [-0.15, -0.1) is 0 Å². The van der Waals surface area contributed by atoms with E-state index in [1.807, 2.05) is 0 Å². The van der Waals surface area contributed by atoms with Gasteiger partial charge in [0, 0.05) is 5.56 Å². The van der Waals surface area contributed by atoms with E-state index in [0.717, 1.165) is 18.4 Å². The molecule has 0 radical (unpaired) electrons. The summed E-state index contributed by atoms with van der Waals surface area (Å²) in [5, 5.41) is 19.5. The average Bonchev–Trinajstić information content (AvgIpc) is 2.22. The fraction of sp³-hybridized carbons (Fsp3) is 0.467. The first kappa shape index (κ1) is 13.6. The van der Waals surface area contributed by atoms with E-state index in [1.165, 1.54) is 5.57 Å². The Kier molecular flexibility index (Phi) is 4.62. The molecule has 0 aliphatic carbocycles. The van der Waals surface area contributed by atoms with Gasteiger partial charge in [0.1, 0.15) is 11.5 Å².